The van der Waals surface area contributed by atoms with Crippen LogP contribution in [0.2, 0.25) is 0 Å². The molecular weight excluding hydrogens is 1200 g/mol. The number of piperidine rings is 1. The summed E-state index contributed by atoms with van der Waals surface area (Å²) in [4.78, 5) is 34.4. The predicted octanol–water partition coefficient (Wildman–Crippen LogP) is 8.34. The van der Waals surface area contributed by atoms with E-state index < -0.39 is 31.5 Å². The maximum absolute atomic E-state index is 15.0. The fraction of sp³-hybridized carbons (Fsp3) is 0.588. The standard InChI is InChI=1S/C80H105N9O7/c1-48(92)70-33-56-31-62-35-68-60(45-86-61-16-5-6-17-61)40-80(76(56)68)73-21-20-52(39-79(73,42-74(80)89-70)41-69-65-22-25-83-43-57(65)29-54-15-9-23-84-77(54)69)28-63(93)36-64(94)32-59(46-90)66-37-72(96-47-91)71(95)34-55(66)30-58-44-87-75(81)38-67(58)53(14-8-24-85-78(82)88-62)27-51-13-7-12-50(26-51)19-18-49-10-3-2-4-11-49/h2-4,7,9-13,15,26,32-34,37-38,44,48,52-54,57,60-62,65,68-70,73-77,83-84,86-87,89-92,95H,5-6,14,16-23,25,27-31,35-36,39-43,45-47,81H2,1H3,(H3,82,85,88). The molecule has 16 heteroatoms. The van der Waals surface area contributed by atoms with Crippen molar-refractivity contribution < 1.29 is 34.8 Å². The van der Waals surface area contributed by atoms with Crippen LogP contribution in [0.25, 0.3) is 5.57 Å². The molecule has 16 nitrogen and oxygen atoms in total. The Morgan fingerprint density at radius 3 is 2.57 bits per heavy atom. The maximum Gasteiger partial charge on any atom is 0.202 e. The minimum Gasteiger partial charge on any atom is -0.504 e. The monoisotopic (exact) mass is 1300 g/mol. The Kier molecular flexibility index (Phi) is 20.3. The second-order valence-electron chi connectivity index (χ2n) is 31.3. The molecule has 0 aromatic heterocycles. The summed E-state index contributed by atoms with van der Waals surface area (Å²) in [6.07, 6.45) is 29.7. The van der Waals surface area contributed by atoms with Gasteiger partial charge in [0.2, 0.25) is 5.96 Å². The molecule has 1 saturated heterocycles. The van der Waals surface area contributed by atoms with Crippen molar-refractivity contribution in [3.8, 4) is 23.5 Å². The van der Waals surface area contributed by atoms with Crippen LogP contribution in [-0.2, 0) is 35.3 Å². The molecule has 1 spiro atoms. The number of rotatable bonds is 14. The number of guanidine groups is 1. The topological polar surface area (TPSA) is 261 Å². The molecular formula is C80H105N9O7. The van der Waals surface area contributed by atoms with Gasteiger partial charge in [0, 0.05) is 55.8 Å². The Balaban J connectivity index is 0.856. The van der Waals surface area contributed by atoms with Gasteiger partial charge in [-0.15, -0.1) is 0 Å². The van der Waals surface area contributed by atoms with Crippen LogP contribution >= 0.6 is 0 Å². The number of aromatic hydroxyl groups is 1. The highest BCUT2D eigenvalue weighted by Crippen LogP contribution is 2.75. The smallest absolute Gasteiger partial charge is 0.202 e. The van der Waals surface area contributed by atoms with Gasteiger partial charge in [0.1, 0.15) is 5.78 Å². The number of phenolic OH excluding ortho intramolecular Hbond substituents is 1. The largest absolute Gasteiger partial charge is 0.504 e. The van der Waals surface area contributed by atoms with E-state index in [4.69, 9.17) is 21.2 Å². The zero-order valence-electron chi connectivity index (χ0n) is 56.3. The average Bonchev–Trinajstić information content (AvgIpc) is 1.51. The van der Waals surface area contributed by atoms with Crippen molar-refractivity contribution >= 4 is 23.1 Å². The number of nitrogens with two attached hydrogens (primary N) is 2. The van der Waals surface area contributed by atoms with Gasteiger partial charge in [-0.3, -0.25) is 9.59 Å². The Morgan fingerprint density at radius 2 is 1.74 bits per heavy atom. The van der Waals surface area contributed by atoms with E-state index in [1.807, 2.05) is 25.3 Å². The number of nitrogens with one attached hydrogen (secondary N) is 6. The van der Waals surface area contributed by atoms with Crippen molar-refractivity contribution in [1.29, 1.82) is 0 Å². The Bertz CT molecular complexity index is 3580. The van der Waals surface area contributed by atoms with E-state index in [1.165, 1.54) is 61.3 Å². The number of carbonyl (C=O) groups excluding carboxylic acids is 2. The molecule has 3 aromatic rings. The summed E-state index contributed by atoms with van der Waals surface area (Å²) in [5.74, 6) is 6.53. The van der Waals surface area contributed by atoms with Gasteiger partial charge in [0.25, 0.3) is 0 Å². The van der Waals surface area contributed by atoms with Gasteiger partial charge < -0.3 is 68.5 Å². The number of phenols is 1. The van der Waals surface area contributed by atoms with Crippen LogP contribution in [0, 0.1) is 82.0 Å². The second kappa shape index (κ2) is 29.2. The number of aryl methyl sites for hydroxylation is 2. The van der Waals surface area contributed by atoms with Crippen molar-refractivity contribution in [2.24, 2.45) is 86.5 Å². The summed E-state index contributed by atoms with van der Waals surface area (Å²) in [5.41, 5.74) is 21.8. The first kappa shape index (κ1) is 66.8. The summed E-state index contributed by atoms with van der Waals surface area (Å²) in [6.45, 7) is 4.66. The second-order valence-corrected chi connectivity index (χ2v) is 31.3. The van der Waals surface area contributed by atoms with Gasteiger partial charge in [-0.2, -0.15) is 4.99 Å². The lowest BCUT2D eigenvalue weighted by Gasteiger charge is -2.56. The number of benzene rings is 3. The summed E-state index contributed by atoms with van der Waals surface area (Å²) in [5, 5.41) is 68.4. The van der Waals surface area contributed by atoms with Crippen molar-refractivity contribution in [3.63, 3.8) is 0 Å². The van der Waals surface area contributed by atoms with Gasteiger partial charge >= 0.3 is 0 Å². The van der Waals surface area contributed by atoms with E-state index in [1.54, 1.807) is 12.1 Å². The first-order chi connectivity index (χ1) is 46.7. The molecule has 6 aliphatic carbocycles. The summed E-state index contributed by atoms with van der Waals surface area (Å²) >= 11 is 0. The summed E-state index contributed by atoms with van der Waals surface area (Å²) in [6, 6.07) is 26.4. The van der Waals surface area contributed by atoms with Crippen LogP contribution in [0.15, 0.2) is 125 Å². The highest BCUT2D eigenvalue weighted by Gasteiger charge is 2.72. The van der Waals surface area contributed by atoms with Crippen LogP contribution in [0.3, 0.4) is 0 Å². The van der Waals surface area contributed by atoms with Gasteiger partial charge in [-0.25, -0.2) is 0 Å². The van der Waals surface area contributed by atoms with Gasteiger partial charge in [-0.1, -0.05) is 97.2 Å². The van der Waals surface area contributed by atoms with Crippen LogP contribution in [-0.4, -0.2) is 120 Å². The van der Waals surface area contributed by atoms with Crippen LogP contribution in [0.5, 0.6) is 11.5 Å². The molecule has 0 amide bonds. The number of hydrogen-bond donors (Lipinski definition) is 12. The van der Waals surface area contributed by atoms with E-state index in [0.29, 0.717) is 95.8 Å². The molecule has 7 fully saturated rings. The Hall–Kier alpha value is -6.39. The third kappa shape index (κ3) is 14.0. The van der Waals surface area contributed by atoms with Crippen molar-refractivity contribution in [3.05, 3.63) is 148 Å². The SMILES string of the molecule is CC(O)C1C=C2CC3CC4C(CNC5CCCC5)CC5(C(CC6(CC7C8CCNCC8CC8C=CCNC87)CC(CCC65)CC(=O)CC(=O)C=C(CO)c5cc(OCO)c(O)cc5CC5=CNC(N)C=C5C(Cc5cccc(CCc6ccccc6)c5)CC#CN=C(N)N3)N1)C24. The molecule has 16 rings (SSSR count). The highest BCUT2D eigenvalue weighted by atomic mass is 16.6. The Labute approximate surface area is 568 Å². The minimum atomic E-state index is -0.712. The lowest BCUT2D eigenvalue weighted by molar-refractivity contribution is -0.126. The average molecular weight is 1300 g/mol. The molecule has 7 aliphatic heterocycles. The normalized spacial score (nSPS) is 35.6. The van der Waals surface area contributed by atoms with Crippen LogP contribution < -0.4 is 48.1 Å². The van der Waals surface area contributed by atoms with Gasteiger partial charge in [-0.05, 0) is 268 Å². The number of nitrogens with zero attached hydrogens (tertiary/aromatic N) is 1. The summed E-state index contributed by atoms with van der Waals surface area (Å²) < 4.78 is 5.54. The summed E-state index contributed by atoms with van der Waals surface area (Å²) in [7, 11) is 0. The van der Waals surface area contributed by atoms with Gasteiger partial charge in [0.05, 0.1) is 31.3 Å². The number of dihydropyridines is 1. The van der Waals surface area contributed by atoms with Crippen molar-refractivity contribution in [2.45, 2.75) is 184 Å². The number of ketones is 2. The third-order valence-corrected chi connectivity index (χ3v) is 25.5. The quantitative estimate of drug-likeness (QED) is 0.0313. The fourth-order valence-electron chi connectivity index (χ4n) is 21.9. The molecule has 14 N–H and O–H groups in total. The van der Waals surface area contributed by atoms with Crippen LogP contribution in [0.1, 0.15) is 144 Å². The van der Waals surface area contributed by atoms with Crippen molar-refractivity contribution in [1.82, 2.24) is 31.9 Å². The molecule has 3 aromatic carbocycles. The minimum absolute atomic E-state index is 0.00325. The number of ether oxygens (including phenoxy) is 1. The van der Waals surface area contributed by atoms with E-state index in [2.05, 4.69) is 111 Å². The van der Waals surface area contributed by atoms with Crippen molar-refractivity contribution in [2.75, 3.05) is 39.6 Å². The molecule has 7 heterocycles. The van der Waals surface area contributed by atoms with Gasteiger partial charge in [0.15, 0.2) is 24.1 Å². The molecule has 8 bridgehead atoms. The first-order valence-corrected chi connectivity index (χ1v) is 36.8. The maximum atomic E-state index is 15.0. The number of allylic oxidation sites excluding steroid dienone is 3. The zero-order valence-corrected chi connectivity index (χ0v) is 56.3. The lowest BCUT2D eigenvalue weighted by Crippen LogP contribution is -2.57. The third-order valence-electron chi connectivity index (χ3n) is 25.5. The molecule has 0 radical (unpaired) electrons. The first-order valence-electron chi connectivity index (χ1n) is 36.8. The number of hydrogen-bond acceptors (Lipinski definition) is 16. The van der Waals surface area contributed by atoms with E-state index in [9.17, 15) is 30.0 Å². The Morgan fingerprint density at radius 1 is 0.906 bits per heavy atom. The molecule has 512 valence electrons. The lowest BCUT2D eigenvalue weighted by atomic mass is 9.50. The van der Waals surface area contributed by atoms with E-state index in [-0.39, 0.29) is 76.5 Å². The molecule has 18 atom stereocenters. The number of fused-ring (bicyclic) bond motifs is 2. The van der Waals surface area contributed by atoms with E-state index >= 15 is 0 Å². The number of carbonyl (C=O) groups is 2. The molecule has 96 heavy (non-hydrogen) atoms. The molecule has 18 unspecified atom stereocenters. The predicted molar refractivity (Wildman–Crippen MR) is 377 cm³/mol. The number of aliphatic imine (C=N–C) groups is 1. The highest BCUT2D eigenvalue weighted by molar-refractivity contribution is 6.08. The number of aliphatic hydroxyl groups is 3. The number of Topliss-reactive ketones (excluding diaryl/α,β-unsaturated/α-hetero) is 1. The fourth-order valence-corrected chi connectivity index (χ4v) is 21.9. The van der Waals surface area contributed by atoms with Crippen LogP contribution in [0.4, 0.5) is 0 Å². The zero-order chi connectivity index (χ0) is 66.1. The molecule has 13 aliphatic rings. The number of aliphatic hydroxyl groups excluding tert-OH is 3. The van der Waals surface area contributed by atoms with E-state index in [0.717, 1.165) is 107 Å². The molecule has 6 saturated carbocycles.